The van der Waals surface area contributed by atoms with Crippen molar-refractivity contribution in [2.24, 2.45) is 0 Å². The highest BCUT2D eigenvalue weighted by molar-refractivity contribution is 5.75. The Morgan fingerprint density at radius 1 is 0.938 bits per heavy atom. The molecule has 9 heteroatoms. The molecule has 0 aromatic carbocycles. The average molecular weight is 226 g/mol. The molecule has 0 atom stereocenters. The average Bonchev–Trinajstić information content (AvgIpc) is 2.09. The first kappa shape index (κ1) is 11.4. The number of amides is 2. The lowest BCUT2D eigenvalue weighted by Gasteiger charge is -2.10. The molecule has 9 nitrogen and oxygen atoms in total. The molecule has 2 amide bonds. The summed E-state index contributed by atoms with van der Waals surface area (Å²) in [5.74, 6) is 0. The second-order valence-electron chi connectivity index (χ2n) is 2.64. The van der Waals surface area contributed by atoms with E-state index in [1.165, 1.54) is 11.1 Å². The van der Waals surface area contributed by atoms with Gasteiger partial charge in [0.25, 0.3) is 0 Å². The SMILES string of the molecule is O=C(N[N+](=O)[O-])N[N+](=O)[O-].c1cc2ccc1-2. The van der Waals surface area contributed by atoms with Gasteiger partial charge in [0.05, 0.1) is 0 Å². The fraction of sp³-hybridized carbons (Fsp3) is 0. The Bertz CT molecular complexity index is 390. The van der Waals surface area contributed by atoms with Gasteiger partial charge in [-0.25, -0.2) is 25.0 Å². The van der Waals surface area contributed by atoms with Gasteiger partial charge in [0.1, 0.15) is 0 Å². The quantitative estimate of drug-likeness (QED) is 0.563. The molecule has 0 aromatic heterocycles. The lowest BCUT2D eigenvalue weighted by Crippen LogP contribution is -2.41. The van der Waals surface area contributed by atoms with Crippen LogP contribution in [-0.4, -0.2) is 16.1 Å². The zero-order valence-electron chi connectivity index (χ0n) is 7.75. The minimum Gasteiger partial charge on any atom is -0.237 e. The van der Waals surface area contributed by atoms with Crippen LogP contribution in [0.25, 0.3) is 11.1 Å². The fourth-order valence-electron chi connectivity index (χ4n) is 0.854. The van der Waals surface area contributed by atoms with Gasteiger partial charge in [-0.3, -0.25) is 0 Å². The molecule has 0 saturated carbocycles. The van der Waals surface area contributed by atoms with Crippen molar-refractivity contribution in [2.45, 2.75) is 0 Å². The van der Waals surface area contributed by atoms with E-state index in [1.807, 2.05) is 0 Å². The standard InChI is InChI=1S/C6H4.CH2N4O5/c1-2-6-4-3-5(1)6;6-1(2-4(7)8)3-5(9)10/h1-4H;(H2,2,3,6). The van der Waals surface area contributed by atoms with E-state index in [1.54, 1.807) is 0 Å². The largest absolute Gasteiger partial charge is 0.430 e. The van der Waals surface area contributed by atoms with Gasteiger partial charge < -0.3 is 0 Å². The van der Waals surface area contributed by atoms with Crippen LogP contribution < -0.4 is 10.9 Å². The zero-order chi connectivity index (χ0) is 12.1. The van der Waals surface area contributed by atoms with Gasteiger partial charge in [-0.2, -0.15) is 0 Å². The van der Waals surface area contributed by atoms with Crippen molar-refractivity contribution in [1.29, 1.82) is 0 Å². The van der Waals surface area contributed by atoms with E-state index in [9.17, 15) is 25.0 Å². The molecule has 0 fully saturated rings. The number of urea groups is 1. The van der Waals surface area contributed by atoms with Crippen molar-refractivity contribution < 1.29 is 14.9 Å². The molecule has 0 bridgehead atoms. The molecule has 0 spiro atoms. The molecule has 0 heterocycles. The van der Waals surface area contributed by atoms with Crippen LogP contribution in [0.5, 0.6) is 0 Å². The smallest absolute Gasteiger partial charge is 0.237 e. The molecule has 0 aromatic rings. The van der Waals surface area contributed by atoms with Crippen LogP contribution in [-0.2, 0) is 0 Å². The molecule has 84 valence electrons. The minimum absolute atomic E-state index is 1.00. The number of hydrogen-bond acceptors (Lipinski definition) is 5. The summed E-state index contributed by atoms with van der Waals surface area (Å²) in [6.45, 7) is 0. The van der Waals surface area contributed by atoms with E-state index < -0.39 is 16.1 Å². The highest BCUT2D eigenvalue weighted by Gasteiger charge is 2.11. The minimum atomic E-state index is -1.49. The molecule has 2 rings (SSSR count). The second-order valence-corrected chi connectivity index (χ2v) is 2.64. The summed E-state index contributed by atoms with van der Waals surface area (Å²) in [6, 6.07) is 6.99. The molecule has 2 N–H and O–H groups in total. The summed E-state index contributed by atoms with van der Waals surface area (Å²) < 4.78 is 0. The number of hydrazine groups is 2. The number of benzene rings is 1. The highest BCUT2D eigenvalue weighted by atomic mass is 16.7. The Kier molecular flexibility index (Phi) is 3.33. The van der Waals surface area contributed by atoms with E-state index in [4.69, 9.17) is 0 Å². The number of fused-ring (bicyclic) bond motifs is 1. The molecular weight excluding hydrogens is 220 g/mol. The molecular formula is C7H6N4O5. The first-order valence-corrected chi connectivity index (χ1v) is 3.95. The molecule has 0 unspecified atom stereocenters. The predicted octanol–water partition coefficient (Wildman–Crippen LogP) is 0.336. The van der Waals surface area contributed by atoms with E-state index >= 15 is 0 Å². The van der Waals surface area contributed by atoms with Gasteiger partial charge in [-0.05, 0) is 22.0 Å². The Morgan fingerprint density at radius 2 is 1.25 bits per heavy atom. The third kappa shape index (κ3) is 3.21. The molecule has 0 radical (unpaired) electrons. The molecule has 16 heavy (non-hydrogen) atoms. The van der Waals surface area contributed by atoms with Crippen molar-refractivity contribution >= 4 is 6.03 Å². The van der Waals surface area contributed by atoms with Gasteiger partial charge in [0.15, 0.2) is 10.1 Å². The third-order valence-corrected chi connectivity index (χ3v) is 1.60. The zero-order valence-corrected chi connectivity index (χ0v) is 7.75. The summed E-state index contributed by atoms with van der Waals surface area (Å²) in [6.07, 6.45) is 0. The maximum absolute atomic E-state index is 9.96. The van der Waals surface area contributed by atoms with Crippen LogP contribution >= 0.6 is 0 Å². The van der Waals surface area contributed by atoms with Crippen molar-refractivity contribution in [1.82, 2.24) is 10.9 Å². The van der Waals surface area contributed by atoms with Gasteiger partial charge >= 0.3 is 6.03 Å². The summed E-state index contributed by atoms with van der Waals surface area (Å²) in [5, 5.41) is 16.4. The third-order valence-electron chi connectivity index (χ3n) is 1.60. The van der Waals surface area contributed by atoms with E-state index in [2.05, 4.69) is 24.3 Å². The van der Waals surface area contributed by atoms with Gasteiger partial charge in [0, 0.05) is 0 Å². The van der Waals surface area contributed by atoms with Gasteiger partial charge in [0.2, 0.25) is 0 Å². The van der Waals surface area contributed by atoms with E-state index in [-0.39, 0.29) is 0 Å². The number of carbonyl (C=O) groups is 1. The second kappa shape index (κ2) is 4.68. The lowest BCUT2D eigenvalue weighted by molar-refractivity contribution is -0.552. The van der Waals surface area contributed by atoms with Crippen LogP contribution in [0.2, 0.25) is 0 Å². The number of nitrogens with one attached hydrogen (secondary N) is 2. The number of hydrogen-bond donors (Lipinski definition) is 2. The van der Waals surface area contributed by atoms with Crippen LogP contribution in [0.4, 0.5) is 4.79 Å². The number of nitro groups is 2. The topological polar surface area (TPSA) is 127 Å². The van der Waals surface area contributed by atoms with Crippen LogP contribution in [0.15, 0.2) is 24.3 Å². The Labute approximate surface area is 88.3 Å². The number of nitrogens with zero attached hydrogens (tertiary/aromatic N) is 2. The van der Waals surface area contributed by atoms with Crippen molar-refractivity contribution in [3.8, 4) is 11.1 Å². The Balaban J connectivity index is 0.000000176. The Morgan fingerprint density at radius 3 is 1.38 bits per heavy atom. The summed E-state index contributed by atoms with van der Waals surface area (Å²) in [5.41, 5.74) is 4.86. The van der Waals surface area contributed by atoms with Crippen molar-refractivity contribution in [3.05, 3.63) is 44.5 Å². The molecule has 0 saturated heterocycles. The van der Waals surface area contributed by atoms with Crippen LogP contribution in [0.3, 0.4) is 0 Å². The van der Waals surface area contributed by atoms with Gasteiger partial charge in [-0.15, -0.1) is 0 Å². The van der Waals surface area contributed by atoms with Crippen molar-refractivity contribution in [3.63, 3.8) is 0 Å². The lowest BCUT2D eigenvalue weighted by atomic mass is 9.95. The molecule has 0 aliphatic heterocycles. The number of carbonyl (C=O) groups excluding carboxylic acids is 1. The fourth-order valence-corrected chi connectivity index (χ4v) is 0.854. The van der Waals surface area contributed by atoms with Crippen LogP contribution in [0, 0.1) is 20.2 Å². The Hall–Kier alpha value is -2.71. The molecule has 2 aliphatic rings. The summed E-state index contributed by atoms with van der Waals surface area (Å²) in [4.78, 5) is 28.8. The monoisotopic (exact) mass is 226 g/mol. The van der Waals surface area contributed by atoms with E-state index in [0.717, 1.165) is 10.9 Å². The summed E-state index contributed by atoms with van der Waals surface area (Å²) >= 11 is 0. The summed E-state index contributed by atoms with van der Waals surface area (Å²) in [7, 11) is 0. The maximum Gasteiger partial charge on any atom is 0.430 e. The van der Waals surface area contributed by atoms with E-state index in [0.29, 0.717) is 0 Å². The highest BCUT2D eigenvalue weighted by Crippen LogP contribution is 2.29. The number of rotatable bonds is 2. The maximum atomic E-state index is 9.96. The first-order chi connectivity index (χ1) is 7.49. The van der Waals surface area contributed by atoms with Crippen molar-refractivity contribution in [2.75, 3.05) is 0 Å². The van der Waals surface area contributed by atoms with Crippen LogP contribution in [0.1, 0.15) is 0 Å². The first-order valence-electron chi connectivity index (χ1n) is 3.95. The molecule has 2 aliphatic carbocycles. The normalized spacial score (nSPS) is 9.25. The predicted molar refractivity (Wildman–Crippen MR) is 51.1 cm³/mol. The van der Waals surface area contributed by atoms with Gasteiger partial charge in [-0.1, -0.05) is 24.3 Å².